The quantitative estimate of drug-likeness (QED) is 0.863. The van der Waals surface area contributed by atoms with Crippen LogP contribution in [0.25, 0.3) is 0 Å². The monoisotopic (exact) mass is 265 g/mol. The lowest BCUT2D eigenvalue weighted by atomic mass is 10.1. The highest BCUT2D eigenvalue weighted by Crippen LogP contribution is 2.38. The van der Waals surface area contributed by atoms with E-state index in [1.165, 1.54) is 5.56 Å². The molecule has 0 aromatic carbocycles. The summed E-state index contributed by atoms with van der Waals surface area (Å²) in [5.74, 6) is 0. The van der Waals surface area contributed by atoms with Crippen molar-refractivity contribution in [2.45, 2.75) is 29.5 Å². The predicted molar refractivity (Wildman–Crippen MR) is 73.3 cm³/mol. The Morgan fingerprint density at radius 3 is 2.59 bits per heavy atom. The van der Waals surface area contributed by atoms with E-state index >= 15 is 0 Å². The molecular formula is C12H15N3S2. The molecule has 0 aliphatic carbocycles. The first kappa shape index (κ1) is 12.5. The summed E-state index contributed by atoms with van der Waals surface area (Å²) in [6.45, 7) is 4.03. The van der Waals surface area contributed by atoms with E-state index in [0.717, 1.165) is 10.0 Å². The number of nitrogens with zero attached hydrogens (tertiary/aromatic N) is 2. The number of hydrogen-bond acceptors (Lipinski definition) is 5. The van der Waals surface area contributed by atoms with E-state index in [1.54, 1.807) is 35.5 Å². The van der Waals surface area contributed by atoms with Gasteiger partial charge >= 0.3 is 0 Å². The molecule has 0 aliphatic heterocycles. The van der Waals surface area contributed by atoms with Crippen molar-refractivity contribution in [2.75, 3.05) is 0 Å². The highest BCUT2D eigenvalue weighted by molar-refractivity contribution is 8.01. The Hall–Kier alpha value is -0.910. The third-order valence-corrected chi connectivity index (χ3v) is 4.92. The van der Waals surface area contributed by atoms with Gasteiger partial charge in [0.05, 0.1) is 5.25 Å². The molecule has 2 aromatic rings. The van der Waals surface area contributed by atoms with E-state index < -0.39 is 0 Å². The van der Waals surface area contributed by atoms with Crippen LogP contribution in [0.15, 0.2) is 34.2 Å². The van der Waals surface area contributed by atoms with E-state index in [2.05, 4.69) is 15.3 Å². The normalized spacial score (nSPS) is 14.5. The van der Waals surface area contributed by atoms with Crippen LogP contribution < -0.4 is 5.73 Å². The molecule has 90 valence electrons. The second-order valence-corrected chi connectivity index (χ2v) is 6.18. The van der Waals surface area contributed by atoms with Crippen molar-refractivity contribution in [1.29, 1.82) is 0 Å². The van der Waals surface area contributed by atoms with E-state index in [9.17, 15) is 0 Å². The molecule has 5 heteroatoms. The van der Waals surface area contributed by atoms with Crippen molar-refractivity contribution in [3.8, 4) is 0 Å². The van der Waals surface area contributed by atoms with Gasteiger partial charge in [-0.3, -0.25) is 4.98 Å². The minimum Gasteiger partial charge on any atom is -0.327 e. The highest BCUT2D eigenvalue weighted by atomic mass is 32.2. The molecule has 2 atom stereocenters. The Bertz CT molecular complexity index is 468. The second kappa shape index (κ2) is 5.62. The smallest absolute Gasteiger partial charge is 0.150 e. The number of nitrogens with two attached hydrogens (primary N) is 1. The van der Waals surface area contributed by atoms with Crippen molar-refractivity contribution in [3.05, 3.63) is 41.2 Å². The molecule has 2 rings (SSSR count). The Morgan fingerprint density at radius 2 is 2.06 bits per heavy atom. The fraction of sp³-hybridized carbons (Fsp3) is 0.333. The Balaban J connectivity index is 2.19. The van der Waals surface area contributed by atoms with Crippen molar-refractivity contribution in [1.82, 2.24) is 9.97 Å². The first-order valence-corrected chi connectivity index (χ1v) is 7.17. The van der Waals surface area contributed by atoms with Crippen LogP contribution >= 0.6 is 23.1 Å². The van der Waals surface area contributed by atoms with Gasteiger partial charge in [0.1, 0.15) is 0 Å². The van der Waals surface area contributed by atoms with Gasteiger partial charge in [-0.25, -0.2) is 4.98 Å². The third-order valence-electron chi connectivity index (χ3n) is 2.34. The van der Waals surface area contributed by atoms with Crippen LogP contribution in [0.3, 0.4) is 0 Å². The summed E-state index contributed by atoms with van der Waals surface area (Å²) in [4.78, 5) is 8.50. The van der Waals surface area contributed by atoms with Gasteiger partial charge in [-0.05, 0) is 31.5 Å². The van der Waals surface area contributed by atoms with Crippen molar-refractivity contribution in [3.63, 3.8) is 0 Å². The maximum absolute atomic E-state index is 6.06. The van der Waals surface area contributed by atoms with Crippen LogP contribution in [0.4, 0.5) is 0 Å². The van der Waals surface area contributed by atoms with E-state index in [1.807, 2.05) is 26.0 Å². The van der Waals surface area contributed by atoms with E-state index in [4.69, 9.17) is 5.73 Å². The lowest BCUT2D eigenvalue weighted by Crippen LogP contribution is -2.22. The van der Waals surface area contributed by atoms with Crippen LogP contribution in [0.2, 0.25) is 0 Å². The van der Waals surface area contributed by atoms with Crippen LogP contribution in [0.1, 0.15) is 23.4 Å². The predicted octanol–water partition coefficient (Wildman–Crippen LogP) is 3.03. The number of pyridine rings is 1. The van der Waals surface area contributed by atoms with Crippen molar-refractivity contribution >= 4 is 23.1 Å². The molecule has 0 bridgehead atoms. The number of aryl methyl sites for hydroxylation is 1. The van der Waals surface area contributed by atoms with E-state index in [-0.39, 0.29) is 11.3 Å². The molecule has 2 heterocycles. The summed E-state index contributed by atoms with van der Waals surface area (Å²) in [5, 5.41) is 2.29. The lowest BCUT2D eigenvalue weighted by molar-refractivity contribution is 0.720. The number of thioether (sulfide) groups is 1. The Kier molecular flexibility index (Phi) is 4.15. The Morgan fingerprint density at radius 1 is 1.35 bits per heavy atom. The molecular weight excluding hydrogens is 250 g/mol. The van der Waals surface area contributed by atoms with Gasteiger partial charge in [0.2, 0.25) is 0 Å². The molecule has 2 aromatic heterocycles. The zero-order valence-electron chi connectivity index (χ0n) is 9.83. The van der Waals surface area contributed by atoms with Crippen LogP contribution in [0, 0.1) is 6.92 Å². The van der Waals surface area contributed by atoms with Gasteiger partial charge in [-0.1, -0.05) is 11.8 Å². The van der Waals surface area contributed by atoms with Gasteiger partial charge in [0.15, 0.2) is 4.34 Å². The van der Waals surface area contributed by atoms with Gasteiger partial charge in [-0.2, -0.15) is 0 Å². The molecule has 3 nitrogen and oxygen atoms in total. The summed E-state index contributed by atoms with van der Waals surface area (Å²) in [5.41, 5.74) is 8.33. The average Bonchev–Trinajstić information content (AvgIpc) is 2.73. The number of rotatable bonds is 4. The van der Waals surface area contributed by atoms with Gasteiger partial charge in [-0.15, -0.1) is 11.3 Å². The topological polar surface area (TPSA) is 51.8 Å². The molecule has 0 saturated heterocycles. The second-order valence-electron chi connectivity index (χ2n) is 3.93. The largest absolute Gasteiger partial charge is 0.327 e. The zero-order valence-corrected chi connectivity index (χ0v) is 11.5. The lowest BCUT2D eigenvalue weighted by Gasteiger charge is -2.19. The first-order valence-electron chi connectivity index (χ1n) is 5.41. The molecule has 0 amide bonds. The summed E-state index contributed by atoms with van der Waals surface area (Å²) in [6, 6.07) is 4.11. The number of hydrogen-bond donors (Lipinski definition) is 1. The third kappa shape index (κ3) is 3.28. The van der Waals surface area contributed by atoms with Crippen LogP contribution in [-0.4, -0.2) is 16.0 Å². The van der Waals surface area contributed by atoms with Crippen molar-refractivity contribution in [2.24, 2.45) is 5.73 Å². The molecule has 2 N–H and O–H groups in total. The zero-order chi connectivity index (χ0) is 12.3. The maximum Gasteiger partial charge on any atom is 0.150 e. The standard InChI is InChI=1S/C12H15N3S2/c1-8-7-16-12(15-8)17-11(9(2)13)10-3-5-14-6-4-10/h3-7,9,11H,13H2,1-2H3. The SMILES string of the molecule is Cc1csc(SC(c2ccncc2)C(C)N)n1. The molecule has 0 radical (unpaired) electrons. The molecule has 0 spiro atoms. The highest BCUT2D eigenvalue weighted by Gasteiger charge is 2.19. The van der Waals surface area contributed by atoms with Gasteiger partial charge in [0, 0.05) is 29.5 Å². The molecule has 0 fully saturated rings. The fourth-order valence-corrected chi connectivity index (χ4v) is 3.65. The minimum atomic E-state index is 0.0756. The van der Waals surface area contributed by atoms with Crippen LogP contribution in [0.5, 0.6) is 0 Å². The molecule has 17 heavy (non-hydrogen) atoms. The van der Waals surface area contributed by atoms with E-state index in [0.29, 0.717) is 0 Å². The number of aromatic nitrogens is 2. The molecule has 2 unspecified atom stereocenters. The first-order chi connectivity index (χ1) is 8.16. The molecule has 0 saturated carbocycles. The van der Waals surface area contributed by atoms with Crippen LogP contribution in [-0.2, 0) is 0 Å². The minimum absolute atomic E-state index is 0.0756. The average molecular weight is 265 g/mol. The van der Waals surface area contributed by atoms with Gasteiger partial charge in [0.25, 0.3) is 0 Å². The summed E-state index contributed by atoms with van der Waals surface area (Å²) in [7, 11) is 0. The molecule has 0 aliphatic rings. The van der Waals surface area contributed by atoms with Gasteiger partial charge < -0.3 is 5.73 Å². The van der Waals surface area contributed by atoms with Crippen molar-refractivity contribution < 1.29 is 0 Å². The number of thiazole rings is 1. The summed E-state index contributed by atoms with van der Waals surface area (Å²) in [6.07, 6.45) is 3.61. The Labute approximate surface area is 109 Å². The summed E-state index contributed by atoms with van der Waals surface area (Å²) < 4.78 is 1.07. The maximum atomic E-state index is 6.06. The summed E-state index contributed by atoms with van der Waals surface area (Å²) >= 11 is 3.40. The fourth-order valence-electron chi connectivity index (χ4n) is 1.53.